The first-order valence-electron chi connectivity index (χ1n) is 17.0. The zero-order valence-corrected chi connectivity index (χ0v) is 33.7. The Balaban J connectivity index is 0.00000500. The smallest absolute Gasteiger partial charge is 0.379 e. The number of nitrogens with zero attached hydrogens (tertiary/aromatic N) is 2. The molecule has 0 spiro atoms. The Morgan fingerprint density at radius 1 is 0.468 bits per heavy atom. The van der Waals surface area contributed by atoms with Gasteiger partial charge in [-0.15, -0.1) is 69.8 Å². The molecule has 1 aliphatic heterocycles. The van der Waals surface area contributed by atoms with Gasteiger partial charge in [0.05, 0.1) is 0 Å². The summed E-state index contributed by atoms with van der Waals surface area (Å²) in [7, 11) is 4.48. The van der Waals surface area contributed by atoms with E-state index in [1.807, 2.05) is 0 Å². The second-order valence-electron chi connectivity index (χ2n) is 17.7. The van der Waals surface area contributed by atoms with Crippen LogP contribution in [0.1, 0.15) is 116 Å². The number of hydrogen-bond donors (Lipinski definition) is 0. The molecule has 0 saturated heterocycles. The Kier molecular flexibility index (Phi) is 10.1. The predicted octanol–water partition coefficient (Wildman–Crippen LogP) is 11.4. The van der Waals surface area contributed by atoms with E-state index in [9.17, 15) is 0 Å². The first-order valence-corrected chi connectivity index (χ1v) is 17.0. The summed E-state index contributed by atoms with van der Waals surface area (Å²) in [4.78, 5) is 4.87. The van der Waals surface area contributed by atoms with Crippen LogP contribution in [0.15, 0.2) is 60.7 Å². The maximum Gasteiger partial charge on any atom is 4.00 e. The third-order valence-corrected chi connectivity index (χ3v) is 9.59. The predicted molar refractivity (Wildman–Crippen MR) is 200 cm³/mol. The van der Waals surface area contributed by atoms with Crippen molar-refractivity contribution in [1.29, 1.82) is 0 Å². The van der Waals surface area contributed by atoms with E-state index >= 15 is 0 Å². The van der Waals surface area contributed by atoms with Crippen LogP contribution in [-0.4, -0.2) is 14.1 Å². The van der Waals surface area contributed by atoms with Crippen LogP contribution >= 0.6 is 0 Å². The van der Waals surface area contributed by atoms with E-state index in [2.05, 4.69) is 180 Å². The van der Waals surface area contributed by atoms with Crippen molar-refractivity contribution in [2.45, 2.75) is 118 Å². The summed E-state index contributed by atoms with van der Waals surface area (Å²) in [5.74, 6) is 0. The van der Waals surface area contributed by atoms with Gasteiger partial charge in [-0.2, -0.15) is 0 Å². The van der Waals surface area contributed by atoms with Crippen molar-refractivity contribution in [3.63, 3.8) is 0 Å². The van der Waals surface area contributed by atoms with Gasteiger partial charge in [-0.25, -0.2) is 0 Å². The molecule has 250 valence electrons. The van der Waals surface area contributed by atoms with Crippen LogP contribution in [0.3, 0.4) is 0 Å². The van der Waals surface area contributed by atoms with Gasteiger partial charge in [-0.1, -0.05) is 118 Å². The fraction of sp³-hybridized carbons (Fsp3) is 0.455. The van der Waals surface area contributed by atoms with E-state index in [4.69, 9.17) is 0 Å². The van der Waals surface area contributed by atoms with Crippen molar-refractivity contribution in [1.82, 2.24) is 0 Å². The van der Waals surface area contributed by atoms with Gasteiger partial charge in [-0.3, -0.25) is 0 Å². The van der Waals surface area contributed by atoms with Crippen LogP contribution < -0.4 is 9.80 Å². The van der Waals surface area contributed by atoms with Crippen molar-refractivity contribution in [3.05, 3.63) is 106 Å². The van der Waals surface area contributed by atoms with E-state index in [1.54, 1.807) is 0 Å². The molecule has 1 heterocycles. The molecule has 0 radical (unpaired) electrons. The SMILES string of the molecule is CN1Cc2[c-]c(ccc2C(C)(C)C)-c2ccc(C(C)(C)C)cc2N(C)Cc2[c-]c(ccc2C(C)(C)C)-c2ccc(C(C)(C)C)cc21.[Pt+4]. The van der Waals surface area contributed by atoms with Gasteiger partial charge in [0.1, 0.15) is 0 Å². The van der Waals surface area contributed by atoms with Gasteiger partial charge in [0.15, 0.2) is 0 Å². The summed E-state index contributed by atoms with van der Waals surface area (Å²) in [6.45, 7) is 29.2. The zero-order chi connectivity index (χ0) is 34.0. The van der Waals surface area contributed by atoms with Gasteiger partial charge < -0.3 is 9.80 Å². The Hall–Kier alpha value is -2.83. The number of hydrogen-bond acceptors (Lipinski definition) is 2. The minimum absolute atomic E-state index is 0. The Morgan fingerprint density at radius 2 is 0.809 bits per heavy atom. The summed E-state index contributed by atoms with van der Waals surface area (Å²) in [6.07, 6.45) is 0. The Labute approximate surface area is 301 Å². The fourth-order valence-corrected chi connectivity index (χ4v) is 6.77. The van der Waals surface area contributed by atoms with E-state index in [0.29, 0.717) is 0 Å². The Morgan fingerprint density at radius 3 is 1.11 bits per heavy atom. The van der Waals surface area contributed by atoms with Gasteiger partial charge in [0.25, 0.3) is 0 Å². The molecular formula is C44H56N2Pt+2. The standard InChI is InChI=1S/C44H56N2.Pt/c1-41(2,3)33-17-19-35-29-15-21-38(44(10,11)12)32(23-29)28-46(14)40-26-34(42(4,5)6)18-20-36(40)30-16-22-37(43(7,8)9)31(24-30)27-45(13)39(35)25-33;/h15-22,25-26H,27-28H2,1-14H3;/q-2;+4. The van der Waals surface area contributed by atoms with Crippen molar-refractivity contribution in [3.8, 4) is 22.3 Å². The largest absolute Gasteiger partial charge is 4.00 e. The maximum absolute atomic E-state index is 3.98. The molecular weight excluding hydrogens is 752 g/mol. The molecule has 4 bridgehead atoms. The molecule has 0 atom stereocenters. The quantitative estimate of drug-likeness (QED) is 0.163. The first kappa shape index (κ1) is 37.0. The average Bonchev–Trinajstić information content (AvgIpc) is 2.94. The van der Waals surface area contributed by atoms with Gasteiger partial charge >= 0.3 is 21.1 Å². The van der Waals surface area contributed by atoms with Crippen LogP contribution in [0.2, 0.25) is 0 Å². The molecule has 0 unspecified atom stereocenters. The summed E-state index contributed by atoms with van der Waals surface area (Å²) in [6, 6.07) is 31.3. The molecule has 0 N–H and O–H groups in total. The molecule has 2 nitrogen and oxygen atoms in total. The molecule has 4 aromatic carbocycles. The third-order valence-electron chi connectivity index (χ3n) is 9.59. The minimum atomic E-state index is -0.00604. The van der Waals surface area contributed by atoms with Crippen molar-refractivity contribution in [2.75, 3.05) is 23.9 Å². The molecule has 1 aliphatic rings. The second kappa shape index (κ2) is 12.9. The molecule has 0 aromatic heterocycles. The summed E-state index contributed by atoms with van der Waals surface area (Å²) in [5, 5.41) is 0. The average molecular weight is 808 g/mol. The third kappa shape index (κ3) is 7.75. The zero-order valence-electron chi connectivity index (χ0n) is 31.4. The summed E-state index contributed by atoms with van der Waals surface area (Å²) in [5.41, 5.74) is 15.1. The van der Waals surface area contributed by atoms with Crippen LogP contribution in [0.5, 0.6) is 0 Å². The summed E-state index contributed by atoms with van der Waals surface area (Å²) >= 11 is 0. The molecule has 5 rings (SSSR count). The fourth-order valence-electron chi connectivity index (χ4n) is 6.77. The minimum Gasteiger partial charge on any atom is -0.379 e. The van der Waals surface area contributed by atoms with Gasteiger partial charge in [0, 0.05) is 38.6 Å². The first-order chi connectivity index (χ1) is 21.1. The molecule has 0 aliphatic carbocycles. The van der Waals surface area contributed by atoms with Crippen molar-refractivity contribution < 1.29 is 21.1 Å². The molecule has 0 amide bonds. The maximum atomic E-state index is 3.98. The monoisotopic (exact) mass is 807 g/mol. The molecule has 4 aromatic rings. The van der Waals surface area contributed by atoms with Gasteiger partial charge in [0.2, 0.25) is 0 Å². The normalized spacial score (nSPS) is 14.2. The summed E-state index contributed by atoms with van der Waals surface area (Å²) < 4.78 is 0. The number of benzene rings is 4. The van der Waals surface area contributed by atoms with Crippen LogP contribution in [0.4, 0.5) is 11.4 Å². The van der Waals surface area contributed by atoms with Crippen LogP contribution in [-0.2, 0) is 55.8 Å². The Bertz CT molecular complexity index is 1620. The van der Waals surface area contributed by atoms with E-state index in [1.165, 1.54) is 55.9 Å². The topological polar surface area (TPSA) is 6.48 Å². The van der Waals surface area contributed by atoms with E-state index in [-0.39, 0.29) is 42.7 Å². The molecule has 0 fully saturated rings. The molecule has 3 heteroatoms. The van der Waals surface area contributed by atoms with E-state index < -0.39 is 0 Å². The van der Waals surface area contributed by atoms with Crippen molar-refractivity contribution in [2.24, 2.45) is 0 Å². The molecule has 0 saturated carbocycles. The number of anilines is 2. The van der Waals surface area contributed by atoms with Crippen molar-refractivity contribution >= 4 is 11.4 Å². The van der Waals surface area contributed by atoms with Crippen LogP contribution in [0.25, 0.3) is 22.3 Å². The molecule has 47 heavy (non-hydrogen) atoms. The number of fused-ring (bicyclic) bond motifs is 8. The van der Waals surface area contributed by atoms with Crippen LogP contribution in [0, 0.1) is 12.1 Å². The van der Waals surface area contributed by atoms with Gasteiger partial charge in [-0.05, 0) is 44.9 Å². The number of rotatable bonds is 0. The van der Waals surface area contributed by atoms with E-state index in [0.717, 1.165) is 24.2 Å². The second-order valence-corrected chi connectivity index (χ2v) is 17.7.